The van der Waals surface area contributed by atoms with Gasteiger partial charge in [0, 0.05) is 32.1 Å². The first-order valence-corrected chi connectivity index (χ1v) is 10.6. The highest BCUT2D eigenvalue weighted by atomic mass is 32.2. The molecule has 0 spiro atoms. The summed E-state index contributed by atoms with van der Waals surface area (Å²) < 4.78 is 53.3. The van der Waals surface area contributed by atoms with Crippen LogP contribution >= 0.6 is 0 Å². The molecular formula is C13H22N4O4S2. The van der Waals surface area contributed by atoms with Gasteiger partial charge in [-0.25, -0.2) is 16.8 Å². The highest BCUT2D eigenvalue weighted by molar-refractivity contribution is 7.92. The summed E-state index contributed by atoms with van der Waals surface area (Å²) in [5, 5.41) is 3.37. The van der Waals surface area contributed by atoms with E-state index in [1.165, 1.54) is 15.2 Å². The number of fused-ring (bicyclic) bond motifs is 1. The van der Waals surface area contributed by atoms with E-state index in [2.05, 4.69) is 5.10 Å². The maximum atomic E-state index is 12.9. The number of rotatable bonds is 3. The zero-order valence-electron chi connectivity index (χ0n) is 13.7. The van der Waals surface area contributed by atoms with Gasteiger partial charge in [-0.3, -0.25) is 4.68 Å². The van der Waals surface area contributed by atoms with Crippen molar-refractivity contribution in [1.29, 1.82) is 0 Å². The van der Waals surface area contributed by atoms with Gasteiger partial charge in [-0.15, -0.1) is 0 Å². The molecule has 3 atom stereocenters. The molecule has 130 valence electrons. The lowest BCUT2D eigenvalue weighted by Crippen LogP contribution is -2.38. The minimum absolute atomic E-state index is 0.0357. The fraction of sp³-hybridized carbons (Fsp3) is 0.769. The highest BCUT2D eigenvalue weighted by Gasteiger charge is 2.55. The maximum absolute atomic E-state index is 12.9. The minimum Gasteiger partial charge on any atom is -0.305 e. The second-order valence-corrected chi connectivity index (χ2v) is 10.8. The normalized spacial score (nSPS) is 30.9. The van der Waals surface area contributed by atoms with Crippen molar-refractivity contribution in [1.82, 2.24) is 19.0 Å². The summed E-state index contributed by atoms with van der Waals surface area (Å²) in [6.45, 7) is 1.97. The van der Waals surface area contributed by atoms with E-state index >= 15 is 0 Å². The van der Waals surface area contributed by atoms with Crippen molar-refractivity contribution in [3.8, 4) is 0 Å². The summed E-state index contributed by atoms with van der Waals surface area (Å²) >= 11 is 0. The fourth-order valence-electron chi connectivity index (χ4n) is 3.60. The standard InChI is InChI=1S/C13H22N4O4S2/c1-9-12(5-14-16(9)4)23(20,21)17-6-10-11(15(2)3)8-22(18,19)13(10)7-17/h5,10-11,13H,6-8H2,1-4H3/t10-,11+,13-/m0/s1. The first-order chi connectivity index (χ1) is 10.6. The third-order valence-corrected chi connectivity index (χ3v) is 9.27. The Morgan fingerprint density at radius 3 is 2.48 bits per heavy atom. The molecule has 0 saturated carbocycles. The van der Waals surface area contributed by atoms with Gasteiger partial charge in [0.1, 0.15) is 4.90 Å². The first kappa shape index (κ1) is 16.9. The summed E-state index contributed by atoms with van der Waals surface area (Å²) in [4.78, 5) is 2.03. The molecule has 3 heterocycles. The topological polar surface area (TPSA) is 92.6 Å². The maximum Gasteiger partial charge on any atom is 0.246 e. The molecule has 2 aliphatic heterocycles. The van der Waals surface area contributed by atoms with Crippen molar-refractivity contribution in [2.45, 2.75) is 23.1 Å². The smallest absolute Gasteiger partial charge is 0.246 e. The lowest BCUT2D eigenvalue weighted by molar-refractivity contribution is 0.249. The average molecular weight is 362 g/mol. The van der Waals surface area contributed by atoms with E-state index in [1.807, 2.05) is 19.0 Å². The molecule has 0 unspecified atom stereocenters. The van der Waals surface area contributed by atoms with Gasteiger partial charge in [0.15, 0.2) is 9.84 Å². The molecule has 3 rings (SSSR count). The van der Waals surface area contributed by atoms with Crippen LogP contribution in [0.5, 0.6) is 0 Å². The molecule has 0 N–H and O–H groups in total. The Morgan fingerprint density at radius 2 is 1.96 bits per heavy atom. The van der Waals surface area contributed by atoms with Crippen molar-refractivity contribution in [2.24, 2.45) is 13.0 Å². The van der Waals surface area contributed by atoms with E-state index < -0.39 is 25.1 Å². The number of aromatic nitrogens is 2. The lowest BCUT2D eigenvalue weighted by atomic mass is 10.00. The second kappa shape index (κ2) is 5.27. The van der Waals surface area contributed by atoms with E-state index in [1.54, 1.807) is 14.0 Å². The van der Waals surface area contributed by atoms with Crippen LogP contribution in [0.3, 0.4) is 0 Å². The molecule has 8 nitrogen and oxygen atoms in total. The molecule has 0 aliphatic carbocycles. The van der Waals surface area contributed by atoms with Crippen molar-refractivity contribution in [3.63, 3.8) is 0 Å². The summed E-state index contributed by atoms with van der Waals surface area (Å²) in [5.74, 6) is -0.0726. The number of nitrogens with zero attached hydrogens (tertiary/aromatic N) is 4. The van der Waals surface area contributed by atoms with Gasteiger partial charge in [-0.05, 0) is 21.0 Å². The van der Waals surface area contributed by atoms with Crippen LogP contribution in [0.4, 0.5) is 0 Å². The monoisotopic (exact) mass is 362 g/mol. The second-order valence-electron chi connectivity index (χ2n) is 6.60. The van der Waals surface area contributed by atoms with Gasteiger partial charge < -0.3 is 4.90 Å². The predicted octanol–water partition coefficient (Wildman–Crippen LogP) is -0.924. The van der Waals surface area contributed by atoms with Crippen LogP contribution in [-0.2, 0) is 26.9 Å². The molecule has 0 radical (unpaired) electrons. The van der Waals surface area contributed by atoms with Crippen LogP contribution in [-0.4, -0.2) is 80.1 Å². The SMILES string of the molecule is Cc1c(S(=O)(=O)N2C[C@H]3[C@H](N(C)C)CS(=O)(=O)[C@H]3C2)cnn1C. The van der Waals surface area contributed by atoms with Gasteiger partial charge in [-0.1, -0.05) is 0 Å². The molecule has 0 bridgehead atoms. The lowest BCUT2D eigenvalue weighted by Gasteiger charge is -2.24. The molecule has 1 aromatic rings. The Kier molecular flexibility index (Phi) is 3.86. The van der Waals surface area contributed by atoms with Gasteiger partial charge in [-0.2, -0.15) is 9.40 Å². The number of hydrogen-bond acceptors (Lipinski definition) is 6. The quantitative estimate of drug-likeness (QED) is 0.690. The molecule has 2 fully saturated rings. The van der Waals surface area contributed by atoms with E-state index in [-0.39, 0.29) is 35.7 Å². The Hall–Kier alpha value is -0.970. The molecule has 10 heteroatoms. The molecule has 0 amide bonds. The summed E-state index contributed by atoms with van der Waals surface area (Å²) in [7, 11) is -1.63. The van der Waals surface area contributed by atoms with Crippen molar-refractivity contribution in [3.05, 3.63) is 11.9 Å². The summed E-state index contributed by atoms with van der Waals surface area (Å²) in [5.41, 5.74) is 0.550. The van der Waals surface area contributed by atoms with Crippen molar-refractivity contribution < 1.29 is 16.8 Å². The van der Waals surface area contributed by atoms with Crippen LogP contribution < -0.4 is 0 Å². The van der Waals surface area contributed by atoms with E-state index in [0.717, 1.165) is 0 Å². The predicted molar refractivity (Wildman–Crippen MR) is 85.2 cm³/mol. The molecule has 23 heavy (non-hydrogen) atoms. The number of aryl methyl sites for hydroxylation is 1. The van der Waals surface area contributed by atoms with Gasteiger partial charge >= 0.3 is 0 Å². The Labute approximate surface area is 137 Å². The summed E-state index contributed by atoms with van der Waals surface area (Å²) in [6, 6.07) is -0.139. The van der Waals surface area contributed by atoms with Crippen LogP contribution in [0, 0.1) is 12.8 Å². The van der Waals surface area contributed by atoms with Gasteiger partial charge in [0.05, 0.1) is 22.9 Å². The fourth-order valence-corrected chi connectivity index (χ4v) is 7.86. The zero-order valence-corrected chi connectivity index (χ0v) is 15.3. The first-order valence-electron chi connectivity index (χ1n) is 7.42. The number of sulfonamides is 1. The Bertz CT molecular complexity index is 828. The minimum atomic E-state index is -3.72. The number of hydrogen-bond donors (Lipinski definition) is 0. The highest BCUT2D eigenvalue weighted by Crippen LogP contribution is 2.38. The van der Waals surface area contributed by atoms with E-state index in [4.69, 9.17) is 0 Å². The largest absolute Gasteiger partial charge is 0.305 e. The van der Waals surface area contributed by atoms with Crippen LogP contribution in [0.25, 0.3) is 0 Å². The van der Waals surface area contributed by atoms with E-state index in [9.17, 15) is 16.8 Å². The summed E-state index contributed by atoms with van der Waals surface area (Å²) in [6.07, 6.45) is 1.33. The third kappa shape index (κ3) is 2.51. The van der Waals surface area contributed by atoms with Crippen molar-refractivity contribution >= 4 is 19.9 Å². The van der Waals surface area contributed by atoms with Crippen molar-refractivity contribution in [2.75, 3.05) is 32.9 Å². The molecule has 2 aliphatic rings. The zero-order chi connectivity index (χ0) is 17.2. The average Bonchev–Trinajstić information content (AvgIpc) is 3.07. The van der Waals surface area contributed by atoms with Crippen LogP contribution in [0.1, 0.15) is 5.69 Å². The molecule has 2 saturated heterocycles. The van der Waals surface area contributed by atoms with E-state index in [0.29, 0.717) is 5.69 Å². The third-order valence-electron chi connectivity index (χ3n) is 5.11. The number of sulfone groups is 1. The van der Waals surface area contributed by atoms with Gasteiger partial charge in [0.25, 0.3) is 0 Å². The Morgan fingerprint density at radius 1 is 1.30 bits per heavy atom. The van der Waals surface area contributed by atoms with Gasteiger partial charge in [0.2, 0.25) is 10.0 Å². The molecular weight excluding hydrogens is 340 g/mol. The van der Waals surface area contributed by atoms with Crippen LogP contribution in [0.15, 0.2) is 11.1 Å². The van der Waals surface area contributed by atoms with Crippen LogP contribution in [0.2, 0.25) is 0 Å². The molecule has 0 aromatic carbocycles. The molecule has 1 aromatic heterocycles. The Balaban J connectivity index is 1.95.